The molecule has 2 amide bonds. The highest BCUT2D eigenvalue weighted by Crippen LogP contribution is 2.18. The molecular weight excluding hydrogens is 296 g/mol. The lowest BCUT2D eigenvalue weighted by atomic mass is 10.2. The second-order valence-corrected chi connectivity index (χ2v) is 5.76. The van der Waals surface area contributed by atoms with Gasteiger partial charge in [0, 0.05) is 33.0 Å². The zero-order valence-corrected chi connectivity index (χ0v) is 13.3. The van der Waals surface area contributed by atoms with Gasteiger partial charge in [0.25, 0.3) is 0 Å². The molecule has 0 spiro atoms. The number of hydrogen-bond acceptors (Lipinski definition) is 3. The minimum absolute atomic E-state index is 0.0992. The molecule has 0 saturated carbocycles. The molecule has 6 nitrogen and oxygen atoms in total. The zero-order chi connectivity index (χ0) is 16.8. The summed E-state index contributed by atoms with van der Waals surface area (Å²) in [6, 6.07) is 8.85. The maximum absolute atomic E-state index is 12.3. The normalized spacial score (nSPS) is 17.1. The molecule has 6 heteroatoms. The van der Waals surface area contributed by atoms with Crippen molar-refractivity contribution in [3.63, 3.8) is 0 Å². The van der Waals surface area contributed by atoms with Crippen molar-refractivity contribution in [1.29, 1.82) is 0 Å². The van der Waals surface area contributed by atoms with Crippen LogP contribution in [0.4, 0.5) is 0 Å². The van der Waals surface area contributed by atoms with Gasteiger partial charge in [-0.25, -0.2) is 4.79 Å². The topological polar surface area (TPSA) is 77.9 Å². The molecule has 0 aromatic heterocycles. The summed E-state index contributed by atoms with van der Waals surface area (Å²) in [6.45, 7) is 2.70. The Morgan fingerprint density at radius 3 is 2.57 bits per heavy atom. The van der Waals surface area contributed by atoms with E-state index in [4.69, 9.17) is 5.11 Å². The molecule has 0 radical (unpaired) electrons. The van der Waals surface area contributed by atoms with Crippen molar-refractivity contribution < 1.29 is 19.5 Å². The van der Waals surface area contributed by atoms with E-state index in [-0.39, 0.29) is 18.2 Å². The van der Waals surface area contributed by atoms with E-state index < -0.39 is 12.0 Å². The minimum Gasteiger partial charge on any atom is -0.480 e. The first kappa shape index (κ1) is 17.0. The molecule has 1 atom stereocenters. The van der Waals surface area contributed by atoms with Crippen molar-refractivity contribution >= 4 is 17.8 Å². The Labute approximate surface area is 135 Å². The number of hydrogen-bond donors (Lipinski definition) is 1. The van der Waals surface area contributed by atoms with E-state index in [0.717, 1.165) is 5.56 Å². The van der Waals surface area contributed by atoms with E-state index in [9.17, 15) is 14.4 Å². The van der Waals surface area contributed by atoms with Crippen molar-refractivity contribution in [2.45, 2.75) is 38.8 Å². The van der Waals surface area contributed by atoms with Crippen LogP contribution in [0.5, 0.6) is 0 Å². The van der Waals surface area contributed by atoms with Crippen LogP contribution in [0.3, 0.4) is 0 Å². The van der Waals surface area contributed by atoms with Gasteiger partial charge in [-0.15, -0.1) is 0 Å². The summed E-state index contributed by atoms with van der Waals surface area (Å²) in [4.78, 5) is 38.2. The smallest absolute Gasteiger partial charge is 0.326 e. The molecule has 1 aliphatic rings. The van der Waals surface area contributed by atoms with Gasteiger partial charge < -0.3 is 14.9 Å². The molecule has 1 heterocycles. The largest absolute Gasteiger partial charge is 0.480 e. The third-order valence-corrected chi connectivity index (χ3v) is 4.12. The Morgan fingerprint density at radius 2 is 1.96 bits per heavy atom. The van der Waals surface area contributed by atoms with Gasteiger partial charge in [-0.1, -0.05) is 30.3 Å². The molecular formula is C17H22N2O4. The second-order valence-electron chi connectivity index (χ2n) is 5.76. The average molecular weight is 318 g/mol. The number of nitrogens with zero attached hydrogens (tertiary/aromatic N) is 2. The third kappa shape index (κ3) is 4.55. The van der Waals surface area contributed by atoms with Crippen molar-refractivity contribution in [2.75, 3.05) is 13.1 Å². The maximum atomic E-state index is 12.3. The number of rotatable bonds is 6. The summed E-state index contributed by atoms with van der Waals surface area (Å²) in [5.74, 6) is -1.25. The maximum Gasteiger partial charge on any atom is 0.326 e. The van der Waals surface area contributed by atoms with Gasteiger partial charge in [-0.2, -0.15) is 0 Å². The lowest BCUT2D eigenvalue weighted by Crippen LogP contribution is -2.42. The SMILES string of the molecule is CC(=O)N(CCC(=O)N1CCC[C@@H]1C(=O)O)Cc1ccccc1. The monoisotopic (exact) mass is 318 g/mol. The minimum atomic E-state index is -0.955. The number of carboxylic acids is 1. The number of benzene rings is 1. The first-order valence-corrected chi connectivity index (χ1v) is 7.80. The number of amides is 2. The molecule has 1 aromatic rings. The van der Waals surface area contributed by atoms with Gasteiger partial charge >= 0.3 is 5.97 Å². The average Bonchev–Trinajstić information content (AvgIpc) is 3.01. The standard InChI is InChI=1S/C17H22N2O4/c1-13(20)18(12-14-6-3-2-4-7-14)11-9-16(21)19-10-5-8-15(19)17(22)23/h2-4,6-7,15H,5,8-12H2,1H3,(H,22,23)/t15-/m1/s1. The zero-order valence-electron chi connectivity index (χ0n) is 13.3. The van der Waals surface area contributed by atoms with Crippen molar-refractivity contribution in [2.24, 2.45) is 0 Å². The van der Waals surface area contributed by atoms with Crippen molar-refractivity contribution in [1.82, 2.24) is 9.80 Å². The molecule has 0 bridgehead atoms. The summed E-state index contributed by atoms with van der Waals surface area (Å²) in [5, 5.41) is 9.13. The molecule has 0 aliphatic carbocycles. The van der Waals surface area contributed by atoms with Crippen LogP contribution in [-0.4, -0.2) is 51.8 Å². The number of carbonyl (C=O) groups is 3. The van der Waals surface area contributed by atoms with E-state index in [0.29, 0.717) is 32.5 Å². The van der Waals surface area contributed by atoms with Crippen molar-refractivity contribution in [3.05, 3.63) is 35.9 Å². The van der Waals surface area contributed by atoms with Crippen molar-refractivity contribution in [3.8, 4) is 0 Å². The summed E-state index contributed by atoms with van der Waals surface area (Å²) in [7, 11) is 0. The van der Waals surface area contributed by atoms with Gasteiger partial charge in [0.05, 0.1) is 0 Å². The highest BCUT2D eigenvalue weighted by atomic mass is 16.4. The first-order valence-electron chi connectivity index (χ1n) is 7.80. The highest BCUT2D eigenvalue weighted by molar-refractivity contribution is 5.84. The number of carboxylic acid groups (broad SMARTS) is 1. The molecule has 2 rings (SSSR count). The first-order chi connectivity index (χ1) is 11.0. The Kier molecular flexibility index (Phi) is 5.73. The van der Waals surface area contributed by atoms with Crippen LogP contribution in [-0.2, 0) is 20.9 Å². The molecule has 1 fully saturated rings. The lowest BCUT2D eigenvalue weighted by molar-refractivity contribution is -0.148. The summed E-state index contributed by atoms with van der Waals surface area (Å²) < 4.78 is 0. The fraction of sp³-hybridized carbons (Fsp3) is 0.471. The van der Waals surface area contributed by atoms with Crippen LogP contribution < -0.4 is 0 Å². The Hall–Kier alpha value is -2.37. The van der Waals surface area contributed by atoms with Crippen LogP contribution in [0.2, 0.25) is 0 Å². The molecule has 1 saturated heterocycles. The fourth-order valence-corrected chi connectivity index (χ4v) is 2.85. The van der Waals surface area contributed by atoms with Gasteiger partial charge in [-0.05, 0) is 18.4 Å². The highest BCUT2D eigenvalue weighted by Gasteiger charge is 2.33. The van der Waals surface area contributed by atoms with E-state index in [1.807, 2.05) is 30.3 Å². The van der Waals surface area contributed by atoms with Crippen LogP contribution in [0.15, 0.2) is 30.3 Å². The number of aliphatic carboxylic acids is 1. The summed E-state index contributed by atoms with van der Waals surface area (Å²) in [5.41, 5.74) is 1.000. The van der Waals surface area contributed by atoms with Gasteiger partial charge in [0.2, 0.25) is 11.8 Å². The van der Waals surface area contributed by atoms with Gasteiger partial charge in [0.1, 0.15) is 6.04 Å². The second kappa shape index (κ2) is 7.76. The fourth-order valence-electron chi connectivity index (χ4n) is 2.85. The quantitative estimate of drug-likeness (QED) is 0.862. The van der Waals surface area contributed by atoms with Gasteiger partial charge in [0.15, 0.2) is 0 Å². The molecule has 0 unspecified atom stereocenters. The Bertz CT molecular complexity index is 573. The molecule has 23 heavy (non-hydrogen) atoms. The van der Waals surface area contributed by atoms with Crippen LogP contribution in [0.1, 0.15) is 31.7 Å². The predicted molar refractivity (Wildman–Crippen MR) is 84.5 cm³/mol. The van der Waals surface area contributed by atoms with E-state index >= 15 is 0 Å². The predicted octanol–water partition coefficient (Wildman–Crippen LogP) is 1.50. The van der Waals surface area contributed by atoms with Crippen LogP contribution in [0.25, 0.3) is 0 Å². The number of carbonyl (C=O) groups excluding carboxylic acids is 2. The third-order valence-electron chi connectivity index (χ3n) is 4.12. The Morgan fingerprint density at radius 1 is 1.26 bits per heavy atom. The molecule has 124 valence electrons. The summed E-state index contributed by atoms with van der Waals surface area (Å²) in [6.07, 6.45) is 1.36. The molecule has 1 N–H and O–H groups in total. The lowest BCUT2D eigenvalue weighted by Gasteiger charge is -2.25. The molecule has 1 aliphatic heterocycles. The van der Waals surface area contributed by atoms with Crippen LogP contribution in [0, 0.1) is 0 Å². The summed E-state index contributed by atoms with van der Waals surface area (Å²) >= 11 is 0. The van der Waals surface area contributed by atoms with Gasteiger partial charge in [-0.3, -0.25) is 9.59 Å². The Balaban J connectivity index is 1.92. The number of likely N-dealkylation sites (tertiary alicyclic amines) is 1. The molecule has 1 aromatic carbocycles. The van der Waals surface area contributed by atoms with E-state index in [1.165, 1.54) is 11.8 Å². The van der Waals surface area contributed by atoms with E-state index in [1.54, 1.807) is 4.90 Å². The van der Waals surface area contributed by atoms with E-state index in [2.05, 4.69) is 0 Å². The van der Waals surface area contributed by atoms with Crippen LogP contribution >= 0.6 is 0 Å².